The maximum Gasteiger partial charge on any atom is 0.240 e. The van der Waals surface area contributed by atoms with Gasteiger partial charge in [-0.1, -0.05) is 0 Å². The van der Waals surface area contributed by atoms with Crippen LogP contribution >= 0.6 is 0 Å². The average Bonchev–Trinajstić information content (AvgIpc) is 2.81. The molecule has 0 aliphatic heterocycles. The number of nitrogens with one attached hydrogen (secondary N) is 1. The predicted octanol–water partition coefficient (Wildman–Crippen LogP) is 1.47. The monoisotopic (exact) mass is 246 g/mol. The molecule has 1 aliphatic carbocycles. The lowest BCUT2D eigenvalue weighted by Crippen LogP contribution is -2.44. The van der Waals surface area contributed by atoms with Gasteiger partial charge in [-0.25, -0.2) is 4.98 Å². The zero-order chi connectivity index (χ0) is 12.8. The van der Waals surface area contributed by atoms with Crippen LogP contribution in [-0.4, -0.2) is 22.0 Å². The quantitative estimate of drug-likeness (QED) is 0.773. The Morgan fingerprint density at radius 1 is 1.50 bits per heavy atom. The van der Waals surface area contributed by atoms with Gasteiger partial charge in [0.25, 0.3) is 0 Å². The molecule has 1 aromatic heterocycles. The van der Waals surface area contributed by atoms with E-state index < -0.39 is 5.41 Å². The van der Waals surface area contributed by atoms with Crippen LogP contribution in [0, 0.1) is 16.7 Å². The Morgan fingerprint density at radius 3 is 2.89 bits per heavy atom. The largest absolute Gasteiger partial charge is 0.355 e. The highest BCUT2D eigenvalue weighted by Gasteiger charge is 2.44. The van der Waals surface area contributed by atoms with Crippen LogP contribution in [0.15, 0.2) is 18.7 Å². The van der Waals surface area contributed by atoms with Gasteiger partial charge in [0.1, 0.15) is 5.41 Å². The number of nitrogens with zero attached hydrogens (tertiary/aromatic N) is 3. The zero-order valence-corrected chi connectivity index (χ0v) is 10.4. The van der Waals surface area contributed by atoms with E-state index in [1.54, 1.807) is 12.5 Å². The Bertz CT molecular complexity index is 428. The van der Waals surface area contributed by atoms with E-state index in [0.29, 0.717) is 19.4 Å². The zero-order valence-electron chi connectivity index (χ0n) is 10.4. The van der Waals surface area contributed by atoms with Crippen LogP contribution in [0.2, 0.25) is 0 Å². The van der Waals surface area contributed by atoms with Crippen LogP contribution in [0.1, 0.15) is 32.1 Å². The predicted molar refractivity (Wildman–Crippen MR) is 66.4 cm³/mol. The number of nitriles is 1. The summed E-state index contributed by atoms with van der Waals surface area (Å²) in [5, 5.41) is 11.9. The van der Waals surface area contributed by atoms with Crippen molar-refractivity contribution in [3.05, 3.63) is 18.7 Å². The van der Waals surface area contributed by atoms with E-state index in [1.165, 1.54) is 0 Å². The summed E-state index contributed by atoms with van der Waals surface area (Å²) in [6.07, 6.45) is 9.81. The lowest BCUT2D eigenvalue weighted by molar-refractivity contribution is -0.131. The molecule has 0 aromatic carbocycles. The lowest BCUT2D eigenvalue weighted by Gasteiger charge is -2.33. The first-order chi connectivity index (χ1) is 8.77. The van der Waals surface area contributed by atoms with E-state index >= 15 is 0 Å². The van der Waals surface area contributed by atoms with E-state index in [-0.39, 0.29) is 5.91 Å². The summed E-state index contributed by atoms with van der Waals surface area (Å²) >= 11 is 0. The van der Waals surface area contributed by atoms with Crippen LogP contribution in [0.3, 0.4) is 0 Å². The molecule has 5 heteroatoms. The van der Waals surface area contributed by atoms with Crippen LogP contribution < -0.4 is 5.32 Å². The smallest absolute Gasteiger partial charge is 0.240 e. The summed E-state index contributed by atoms with van der Waals surface area (Å²) in [5.74, 6) is -0.0844. The van der Waals surface area contributed by atoms with E-state index in [0.717, 1.165) is 25.8 Å². The van der Waals surface area contributed by atoms with Crippen molar-refractivity contribution in [2.45, 2.75) is 38.6 Å². The number of aryl methyl sites for hydroxylation is 1. The van der Waals surface area contributed by atoms with Crippen molar-refractivity contribution in [2.75, 3.05) is 6.54 Å². The van der Waals surface area contributed by atoms with Gasteiger partial charge >= 0.3 is 0 Å². The van der Waals surface area contributed by atoms with Crippen LogP contribution in [0.25, 0.3) is 0 Å². The molecule has 1 N–H and O–H groups in total. The van der Waals surface area contributed by atoms with Crippen LogP contribution in [0.4, 0.5) is 0 Å². The lowest BCUT2D eigenvalue weighted by atomic mass is 9.69. The minimum atomic E-state index is -0.718. The van der Waals surface area contributed by atoms with Gasteiger partial charge in [0.05, 0.1) is 12.4 Å². The molecule has 5 nitrogen and oxygen atoms in total. The van der Waals surface area contributed by atoms with E-state index in [9.17, 15) is 4.79 Å². The maximum atomic E-state index is 11.8. The molecule has 0 unspecified atom stereocenters. The fourth-order valence-corrected chi connectivity index (χ4v) is 2.13. The molecule has 2 rings (SSSR count). The number of carbonyl (C=O) groups is 1. The first kappa shape index (κ1) is 12.6. The third-order valence-electron chi connectivity index (χ3n) is 3.54. The van der Waals surface area contributed by atoms with Crippen molar-refractivity contribution in [2.24, 2.45) is 5.41 Å². The summed E-state index contributed by atoms with van der Waals surface area (Å²) in [6.45, 7) is 1.57. The number of amides is 1. The van der Waals surface area contributed by atoms with Crippen molar-refractivity contribution in [3.63, 3.8) is 0 Å². The minimum absolute atomic E-state index is 0.0844. The van der Waals surface area contributed by atoms with E-state index in [4.69, 9.17) is 5.26 Å². The highest BCUT2D eigenvalue weighted by Crippen LogP contribution is 2.40. The van der Waals surface area contributed by atoms with Gasteiger partial charge in [0, 0.05) is 25.5 Å². The van der Waals surface area contributed by atoms with Crippen molar-refractivity contribution in [1.29, 1.82) is 5.26 Å². The highest BCUT2D eigenvalue weighted by molar-refractivity contribution is 5.86. The Hall–Kier alpha value is -1.83. The van der Waals surface area contributed by atoms with Crippen molar-refractivity contribution in [1.82, 2.24) is 14.9 Å². The van der Waals surface area contributed by atoms with Gasteiger partial charge in [-0.2, -0.15) is 5.26 Å². The van der Waals surface area contributed by atoms with Gasteiger partial charge in [-0.05, 0) is 32.1 Å². The first-order valence-electron chi connectivity index (χ1n) is 6.42. The standard InChI is InChI=1S/C13H18N4O/c14-10-13(4-3-5-13)12(18)16-6-1-2-8-17-9-7-15-11-17/h7,9,11H,1-6,8H2,(H,16,18). The number of rotatable bonds is 6. The molecule has 0 radical (unpaired) electrons. The van der Waals surface area contributed by atoms with Gasteiger partial charge in [0.15, 0.2) is 0 Å². The molecular weight excluding hydrogens is 228 g/mol. The topological polar surface area (TPSA) is 70.7 Å². The van der Waals surface area contributed by atoms with Crippen molar-refractivity contribution in [3.8, 4) is 6.07 Å². The van der Waals surface area contributed by atoms with Crippen LogP contribution in [0.5, 0.6) is 0 Å². The molecule has 1 aliphatic rings. The molecule has 1 fully saturated rings. The van der Waals surface area contributed by atoms with E-state index in [2.05, 4.69) is 16.4 Å². The second-order valence-corrected chi connectivity index (χ2v) is 4.81. The molecule has 0 saturated heterocycles. The summed E-state index contributed by atoms with van der Waals surface area (Å²) in [6, 6.07) is 2.15. The van der Waals surface area contributed by atoms with Gasteiger partial charge in [-0.15, -0.1) is 0 Å². The van der Waals surface area contributed by atoms with Gasteiger partial charge in [-0.3, -0.25) is 4.79 Å². The number of hydrogen-bond acceptors (Lipinski definition) is 3. The first-order valence-corrected chi connectivity index (χ1v) is 6.42. The van der Waals surface area contributed by atoms with Crippen molar-refractivity contribution < 1.29 is 4.79 Å². The Labute approximate surface area is 107 Å². The van der Waals surface area contributed by atoms with E-state index in [1.807, 2.05) is 10.8 Å². The summed E-state index contributed by atoms with van der Waals surface area (Å²) < 4.78 is 2.02. The van der Waals surface area contributed by atoms with Crippen molar-refractivity contribution >= 4 is 5.91 Å². The average molecular weight is 246 g/mol. The van der Waals surface area contributed by atoms with Crippen LogP contribution in [-0.2, 0) is 11.3 Å². The third-order valence-corrected chi connectivity index (χ3v) is 3.54. The normalized spacial score (nSPS) is 16.6. The number of carbonyl (C=O) groups excluding carboxylic acids is 1. The highest BCUT2D eigenvalue weighted by atomic mass is 16.2. The summed E-state index contributed by atoms with van der Waals surface area (Å²) in [5.41, 5.74) is -0.718. The fraction of sp³-hybridized carbons (Fsp3) is 0.615. The molecule has 18 heavy (non-hydrogen) atoms. The second kappa shape index (κ2) is 5.67. The second-order valence-electron chi connectivity index (χ2n) is 4.81. The maximum absolute atomic E-state index is 11.8. The Morgan fingerprint density at radius 2 is 2.33 bits per heavy atom. The Balaban J connectivity index is 1.61. The molecule has 0 atom stereocenters. The molecule has 1 amide bonds. The number of aromatic nitrogens is 2. The number of hydrogen-bond donors (Lipinski definition) is 1. The van der Waals surface area contributed by atoms with Gasteiger partial charge in [0.2, 0.25) is 5.91 Å². The Kier molecular flexibility index (Phi) is 3.98. The summed E-state index contributed by atoms with van der Waals surface area (Å²) in [4.78, 5) is 15.8. The SMILES string of the molecule is N#CC1(C(=O)NCCCCn2ccnc2)CCC1. The molecular formula is C13H18N4O. The molecule has 1 aromatic rings. The number of imidazole rings is 1. The number of unbranched alkanes of at least 4 members (excludes halogenated alkanes) is 1. The molecule has 1 saturated carbocycles. The minimum Gasteiger partial charge on any atom is -0.355 e. The van der Waals surface area contributed by atoms with Gasteiger partial charge < -0.3 is 9.88 Å². The molecule has 1 heterocycles. The molecule has 0 spiro atoms. The summed E-state index contributed by atoms with van der Waals surface area (Å²) in [7, 11) is 0. The molecule has 96 valence electrons. The fourth-order valence-electron chi connectivity index (χ4n) is 2.13. The third kappa shape index (κ3) is 2.70. The molecule has 0 bridgehead atoms.